The van der Waals surface area contributed by atoms with E-state index in [0.29, 0.717) is 24.8 Å². The molecule has 3 heterocycles. The summed E-state index contributed by atoms with van der Waals surface area (Å²) in [6.07, 6.45) is 1.53. The molecule has 0 unspecified atom stereocenters. The second-order valence-corrected chi connectivity index (χ2v) is 7.65. The van der Waals surface area contributed by atoms with Crippen LogP contribution in [0.25, 0.3) is 11.4 Å². The molecule has 0 aliphatic carbocycles. The van der Waals surface area contributed by atoms with Gasteiger partial charge in [0.2, 0.25) is 0 Å². The van der Waals surface area contributed by atoms with Gasteiger partial charge in [-0.2, -0.15) is 0 Å². The van der Waals surface area contributed by atoms with Crippen molar-refractivity contribution in [2.45, 2.75) is 26.7 Å². The molecule has 1 aliphatic heterocycles. The molecule has 1 aromatic carbocycles. The highest BCUT2D eigenvalue weighted by atomic mass is 16.3. The molecule has 0 radical (unpaired) electrons. The van der Waals surface area contributed by atoms with Crippen LogP contribution in [0.15, 0.2) is 53.1 Å². The van der Waals surface area contributed by atoms with Crippen LogP contribution < -0.4 is 4.90 Å². The van der Waals surface area contributed by atoms with E-state index in [1.54, 1.807) is 12.1 Å². The fourth-order valence-electron chi connectivity index (χ4n) is 3.88. The standard InChI is InChI=1S/C23H26N4O2/c1-16(2)20-17(3)24-21(18-8-5-4-6-9-18)25-22(20)26-11-13-27(14-12-26)23(28)19-10-7-15-29-19/h4-10,15-16H,11-14H2,1-3H3. The molecule has 1 fully saturated rings. The second kappa shape index (κ2) is 8.07. The van der Waals surface area contributed by atoms with Crippen LogP contribution in [0.1, 0.15) is 41.6 Å². The number of hydrogen-bond acceptors (Lipinski definition) is 5. The second-order valence-electron chi connectivity index (χ2n) is 7.65. The molecular formula is C23H26N4O2. The van der Waals surface area contributed by atoms with Gasteiger partial charge < -0.3 is 14.2 Å². The predicted octanol–water partition coefficient (Wildman–Crippen LogP) is 4.13. The Hall–Kier alpha value is -3.15. The highest BCUT2D eigenvalue weighted by molar-refractivity contribution is 5.91. The van der Waals surface area contributed by atoms with Crippen molar-refractivity contribution in [2.24, 2.45) is 0 Å². The highest BCUT2D eigenvalue weighted by Crippen LogP contribution is 2.31. The number of piperazine rings is 1. The molecule has 29 heavy (non-hydrogen) atoms. The molecule has 0 spiro atoms. The summed E-state index contributed by atoms with van der Waals surface area (Å²) in [5, 5.41) is 0. The maximum absolute atomic E-state index is 12.6. The van der Waals surface area contributed by atoms with Crippen molar-refractivity contribution >= 4 is 11.7 Å². The van der Waals surface area contributed by atoms with Gasteiger partial charge in [-0.05, 0) is 25.0 Å². The average Bonchev–Trinajstić information content (AvgIpc) is 3.28. The van der Waals surface area contributed by atoms with Gasteiger partial charge in [-0.15, -0.1) is 0 Å². The van der Waals surface area contributed by atoms with E-state index in [-0.39, 0.29) is 5.91 Å². The first-order valence-electron chi connectivity index (χ1n) is 10.1. The van der Waals surface area contributed by atoms with Gasteiger partial charge in [0.1, 0.15) is 5.82 Å². The molecule has 2 aromatic heterocycles. The lowest BCUT2D eigenvalue weighted by Gasteiger charge is -2.36. The van der Waals surface area contributed by atoms with E-state index in [9.17, 15) is 4.79 Å². The Morgan fingerprint density at radius 3 is 2.34 bits per heavy atom. The van der Waals surface area contributed by atoms with Gasteiger partial charge in [0, 0.05) is 43.0 Å². The fourth-order valence-corrected chi connectivity index (χ4v) is 3.88. The minimum absolute atomic E-state index is 0.0532. The molecular weight excluding hydrogens is 364 g/mol. The van der Waals surface area contributed by atoms with Crippen molar-refractivity contribution in [2.75, 3.05) is 31.1 Å². The lowest BCUT2D eigenvalue weighted by atomic mass is 10.0. The summed E-state index contributed by atoms with van der Waals surface area (Å²) in [6, 6.07) is 13.5. The van der Waals surface area contributed by atoms with E-state index in [1.807, 2.05) is 35.2 Å². The molecule has 1 aliphatic rings. The third-order valence-corrected chi connectivity index (χ3v) is 5.32. The molecule has 1 saturated heterocycles. The zero-order chi connectivity index (χ0) is 20.4. The minimum atomic E-state index is -0.0532. The van der Waals surface area contributed by atoms with Crippen LogP contribution in [-0.4, -0.2) is 47.0 Å². The predicted molar refractivity (Wildman–Crippen MR) is 113 cm³/mol. The van der Waals surface area contributed by atoms with E-state index >= 15 is 0 Å². The van der Waals surface area contributed by atoms with Gasteiger partial charge in [0.15, 0.2) is 11.6 Å². The largest absolute Gasteiger partial charge is 0.459 e. The van der Waals surface area contributed by atoms with Gasteiger partial charge in [0.05, 0.1) is 6.26 Å². The Balaban J connectivity index is 1.61. The number of amides is 1. The summed E-state index contributed by atoms with van der Waals surface area (Å²) in [7, 11) is 0. The molecule has 0 saturated carbocycles. The van der Waals surface area contributed by atoms with Crippen molar-refractivity contribution in [3.8, 4) is 11.4 Å². The fraction of sp³-hybridized carbons (Fsp3) is 0.348. The molecule has 6 heteroatoms. The van der Waals surface area contributed by atoms with E-state index in [4.69, 9.17) is 14.4 Å². The summed E-state index contributed by atoms with van der Waals surface area (Å²) in [5.74, 6) is 2.39. The topological polar surface area (TPSA) is 62.5 Å². The Morgan fingerprint density at radius 2 is 1.72 bits per heavy atom. The van der Waals surface area contributed by atoms with Gasteiger partial charge in [-0.25, -0.2) is 9.97 Å². The number of benzene rings is 1. The Kier molecular flexibility index (Phi) is 5.34. The lowest BCUT2D eigenvalue weighted by Crippen LogP contribution is -2.49. The third kappa shape index (κ3) is 3.88. The van der Waals surface area contributed by atoms with Crippen molar-refractivity contribution in [1.29, 1.82) is 0 Å². The number of anilines is 1. The Bertz CT molecular complexity index is 976. The van der Waals surface area contributed by atoms with Crippen LogP contribution in [0.2, 0.25) is 0 Å². The first-order valence-corrected chi connectivity index (χ1v) is 10.1. The number of aromatic nitrogens is 2. The van der Waals surface area contributed by atoms with Crippen LogP contribution in [0, 0.1) is 6.92 Å². The van der Waals surface area contributed by atoms with Crippen LogP contribution in [0.4, 0.5) is 5.82 Å². The maximum atomic E-state index is 12.6. The van der Waals surface area contributed by atoms with Gasteiger partial charge >= 0.3 is 0 Å². The Labute approximate surface area is 171 Å². The van der Waals surface area contributed by atoms with Gasteiger partial charge in [-0.3, -0.25) is 4.79 Å². The van der Waals surface area contributed by atoms with Crippen molar-refractivity contribution < 1.29 is 9.21 Å². The summed E-state index contributed by atoms with van der Waals surface area (Å²) >= 11 is 0. The molecule has 0 bridgehead atoms. The smallest absolute Gasteiger partial charge is 0.289 e. The summed E-state index contributed by atoms with van der Waals surface area (Å²) in [6.45, 7) is 9.15. The number of nitrogens with zero attached hydrogens (tertiary/aromatic N) is 4. The molecule has 4 rings (SSSR count). The monoisotopic (exact) mass is 390 g/mol. The van der Waals surface area contributed by atoms with Crippen molar-refractivity contribution in [1.82, 2.24) is 14.9 Å². The van der Waals surface area contributed by atoms with Crippen molar-refractivity contribution in [3.05, 3.63) is 65.7 Å². The average molecular weight is 390 g/mol. The Morgan fingerprint density at radius 1 is 1.00 bits per heavy atom. The quantitative estimate of drug-likeness (QED) is 0.670. The number of aryl methyl sites for hydroxylation is 1. The van der Waals surface area contributed by atoms with Gasteiger partial charge in [0.25, 0.3) is 5.91 Å². The van der Waals surface area contributed by atoms with Crippen LogP contribution in [0.5, 0.6) is 0 Å². The molecule has 150 valence electrons. The zero-order valence-corrected chi connectivity index (χ0v) is 17.1. The lowest BCUT2D eigenvalue weighted by molar-refractivity contribution is 0.0714. The SMILES string of the molecule is Cc1nc(-c2ccccc2)nc(N2CCN(C(=O)c3ccco3)CC2)c1C(C)C. The number of carbonyl (C=O) groups excluding carboxylic acids is 1. The first-order chi connectivity index (χ1) is 14.0. The van der Waals surface area contributed by atoms with E-state index in [2.05, 4.69) is 25.7 Å². The van der Waals surface area contributed by atoms with Crippen LogP contribution in [-0.2, 0) is 0 Å². The van der Waals surface area contributed by atoms with Gasteiger partial charge in [-0.1, -0.05) is 44.2 Å². The van der Waals surface area contributed by atoms with E-state index in [0.717, 1.165) is 36.0 Å². The third-order valence-electron chi connectivity index (χ3n) is 5.32. The minimum Gasteiger partial charge on any atom is -0.459 e. The molecule has 6 nitrogen and oxygen atoms in total. The molecule has 0 atom stereocenters. The highest BCUT2D eigenvalue weighted by Gasteiger charge is 2.27. The zero-order valence-electron chi connectivity index (χ0n) is 17.1. The number of carbonyl (C=O) groups is 1. The van der Waals surface area contributed by atoms with Crippen LogP contribution >= 0.6 is 0 Å². The molecule has 0 N–H and O–H groups in total. The summed E-state index contributed by atoms with van der Waals surface area (Å²) in [4.78, 5) is 26.4. The summed E-state index contributed by atoms with van der Waals surface area (Å²) < 4.78 is 5.27. The maximum Gasteiger partial charge on any atom is 0.289 e. The van der Waals surface area contributed by atoms with Crippen LogP contribution in [0.3, 0.4) is 0 Å². The number of rotatable bonds is 4. The molecule has 1 amide bonds. The van der Waals surface area contributed by atoms with Crippen molar-refractivity contribution in [3.63, 3.8) is 0 Å². The summed E-state index contributed by atoms with van der Waals surface area (Å²) in [5.41, 5.74) is 3.20. The first kappa shape index (κ1) is 19.2. The molecule has 3 aromatic rings. The number of hydrogen-bond donors (Lipinski definition) is 0. The number of furan rings is 1. The normalized spacial score (nSPS) is 14.5. The van der Waals surface area contributed by atoms with E-state index in [1.165, 1.54) is 11.8 Å². The van der Waals surface area contributed by atoms with E-state index < -0.39 is 0 Å².